The minimum atomic E-state index is -0.557. The molecule has 126 valence electrons. The molecule has 0 aromatic heterocycles. The number of hydrogen-bond acceptors (Lipinski definition) is 4. The summed E-state index contributed by atoms with van der Waals surface area (Å²) in [5, 5.41) is 11.7. The molecule has 1 amide bonds. The molecular weight excluding hydrogens is 306 g/mol. The van der Waals surface area contributed by atoms with Gasteiger partial charge < -0.3 is 15.2 Å². The van der Waals surface area contributed by atoms with E-state index in [0.717, 1.165) is 12.8 Å². The molecule has 0 fully saturated rings. The highest BCUT2D eigenvalue weighted by molar-refractivity contribution is 5.91. The smallest absolute Gasteiger partial charge is 0.338 e. The van der Waals surface area contributed by atoms with E-state index in [1.54, 1.807) is 24.3 Å². The van der Waals surface area contributed by atoms with Crippen LogP contribution in [0.5, 0.6) is 0 Å². The molecule has 0 aliphatic rings. The van der Waals surface area contributed by atoms with Crippen LogP contribution in [0, 0.1) is 0 Å². The summed E-state index contributed by atoms with van der Waals surface area (Å²) in [6.07, 6.45) is 1.71. The molecule has 0 radical (unpaired) electrons. The van der Waals surface area contributed by atoms with Gasteiger partial charge in [-0.2, -0.15) is 0 Å². The molecule has 0 unspecified atom stereocenters. The van der Waals surface area contributed by atoms with Crippen LogP contribution < -0.4 is 5.32 Å². The molecular formula is C19H21NO4. The van der Waals surface area contributed by atoms with E-state index >= 15 is 0 Å². The predicted molar refractivity (Wildman–Crippen MR) is 90.4 cm³/mol. The summed E-state index contributed by atoms with van der Waals surface area (Å²) >= 11 is 0. The monoisotopic (exact) mass is 327 g/mol. The molecule has 24 heavy (non-hydrogen) atoms. The summed E-state index contributed by atoms with van der Waals surface area (Å²) in [7, 11) is 0. The van der Waals surface area contributed by atoms with E-state index in [-0.39, 0.29) is 19.1 Å². The number of rotatable bonds is 8. The maximum atomic E-state index is 11.8. The lowest BCUT2D eigenvalue weighted by Gasteiger charge is -2.07. The molecule has 2 aromatic carbocycles. The highest BCUT2D eigenvalue weighted by Crippen LogP contribution is 2.06. The zero-order valence-electron chi connectivity index (χ0n) is 13.4. The Bertz CT molecular complexity index is 653. The van der Waals surface area contributed by atoms with Gasteiger partial charge in [0.1, 0.15) is 0 Å². The molecule has 0 saturated heterocycles. The lowest BCUT2D eigenvalue weighted by molar-refractivity contribution is -0.124. The lowest BCUT2D eigenvalue weighted by atomic mass is 10.1. The van der Waals surface area contributed by atoms with Crippen LogP contribution in [0.3, 0.4) is 0 Å². The second kappa shape index (κ2) is 9.47. The van der Waals surface area contributed by atoms with Crippen LogP contribution in [0.4, 0.5) is 0 Å². The average molecular weight is 327 g/mol. The van der Waals surface area contributed by atoms with Crippen molar-refractivity contribution in [3.05, 3.63) is 71.3 Å². The second-order valence-electron chi connectivity index (χ2n) is 5.37. The molecule has 2 aromatic rings. The maximum Gasteiger partial charge on any atom is 0.338 e. The Balaban J connectivity index is 1.64. The summed E-state index contributed by atoms with van der Waals surface area (Å²) in [6, 6.07) is 16.4. The van der Waals surface area contributed by atoms with Crippen molar-refractivity contribution in [2.24, 2.45) is 0 Å². The molecule has 2 rings (SSSR count). The van der Waals surface area contributed by atoms with Crippen LogP contribution >= 0.6 is 0 Å². The van der Waals surface area contributed by atoms with Gasteiger partial charge in [0.2, 0.25) is 0 Å². The van der Waals surface area contributed by atoms with E-state index < -0.39 is 5.97 Å². The van der Waals surface area contributed by atoms with Crippen LogP contribution in [-0.4, -0.2) is 30.1 Å². The summed E-state index contributed by atoms with van der Waals surface area (Å²) in [4.78, 5) is 23.5. The summed E-state index contributed by atoms with van der Waals surface area (Å²) in [5.74, 6) is -0.873. The van der Waals surface area contributed by atoms with Gasteiger partial charge in [-0.3, -0.25) is 4.79 Å². The SMILES string of the molecule is O=C(COC(=O)c1ccc(CO)cc1)NCCCc1ccccc1. The zero-order chi connectivity index (χ0) is 17.2. The number of hydrogen-bond donors (Lipinski definition) is 2. The first-order valence-electron chi connectivity index (χ1n) is 7.86. The Labute approximate surface area is 141 Å². The van der Waals surface area contributed by atoms with E-state index in [0.29, 0.717) is 17.7 Å². The van der Waals surface area contributed by atoms with Crippen LogP contribution in [0.25, 0.3) is 0 Å². The molecule has 0 bridgehead atoms. The van der Waals surface area contributed by atoms with E-state index in [1.165, 1.54) is 5.56 Å². The molecule has 0 spiro atoms. The van der Waals surface area contributed by atoms with Gasteiger partial charge in [-0.15, -0.1) is 0 Å². The zero-order valence-corrected chi connectivity index (χ0v) is 13.4. The minimum absolute atomic E-state index is 0.0826. The summed E-state index contributed by atoms with van der Waals surface area (Å²) in [5.41, 5.74) is 2.29. The van der Waals surface area contributed by atoms with Crippen molar-refractivity contribution in [3.8, 4) is 0 Å². The van der Waals surface area contributed by atoms with Crippen molar-refractivity contribution in [2.75, 3.05) is 13.2 Å². The molecule has 5 nitrogen and oxygen atoms in total. The van der Waals surface area contributed by atoms with Gasteiger partial charge in [-0.1, -0.05) is 42.5 Å². The highest BCUT2D eigenvalue weighted by atomic mass is 16.5. The third-order valence-electron chi connectivity index (χ3n) is 3.51. The summed E-state index contributed by atoms with van der Waals surface area (Å²) < 4.78 is 4.97. The number of esters is 1. The topological polar surface area (TPSA) is 75.6 Å². The minimum Gasteiger partial charge on any atom is -0.452 e. The first-order chi connectivity index (χ1) is 11.7. The lowest BCUT2D eigenvalue weighted by Crippen LogP contribution is -2.29. The van der Waals surface area contributed by atoms with E-state index in [2.05, 4.69) is 5.32 Å². The number of carbonyl (C=O) groups is 2. The number of amides is 1. The third-order valence-corrected chi connectivity index (χ3v) is 3.51. The van der Waals surface area contributed by atoms with Gasteiger partial charge in [0.15, 0.2) is 6.61 Å². The van der Waals surface area contributed by atoms with Crippen molar-refractivity contribution < 1.29 is 19.4 Å². The number of nitrogens with one attached hydrogen (secondary N) is 1. The Morgan fingerprint density at radius 3 is 2.33 bits per heavy atom. The van der Waals surface area contributed by atoms with Gasteiger partial charge in [0.25, 0.3) is 5.91 Å². The number of ether oxygens (including phenoxy) is 1. The number of aryl methyl sites for hydroxylation is 1. The van der Waals surface area contributed by atoms with Crippen molar-refractivity contribution in [2.45, 2.75) is 19.4 Å². The van der Waals surface area contributed by atoms with Crippen LogP contribution in [0.15, 0.2) is 54.6 Å². The number of carbonyl (C=O) groups excluding carboxylic acids is 2. The molecule has 0 aliphatic heterocycles. The van der Waals surface area contributed by atoms with E-state index in [1.807, 2.05) is 30.3 Å². The van der Waals surface area contributed by atoms with Crippen LogP contribution in [0.1, 0.15) is 27.9 Å². The van der Waals surface area contributed by atoms with Gasteiger partial charge >= 0.3 is 5.97 Å². The first kappa shape index (κ1) is 17.7. The largest absolute Gasteiger partial charge is 0.452 e. The predicted octanol–water partition coefficient (Wildman–Crippen LogP) is 2.08. The molecule has 0 aliphatic carbocycles. The van der Waals surface area contributed by atoms with Crippen molar-refractivity contribution >= 4 is 11.9 Å². The molecule has 2 N–H and O–H groups in total. The Kier molecular flexibility index (Phi) is 6.98. The average Bonchev–Trinajstić information content (AvgIpc) is 2.64. The Morgan fingerprint density at radius 2 is 1.67 bits per heavy atom. The van der Waals surface area contributed by atoms with Crippen molar-refractivity contribution in [1.82, 2.24) is 5.32 Å². The third kappa shape index (κ3) is 5.85. The molecule has 5 heteroatoms. The first-order valence-corrected chi connectivity index (χ1v) is 7.86. The summed E-state index contributed by atoms with van der Waals surface area (Å²) in [6.45, 7) is 0.156. The normalized spacial score (nSPS) is 10.2. The maximum absolute atomic E-state index is 11.8. The van der Waals surface area contributed by atoms with Crippen molar-refractivity contribution in [3.63, 3.8) is 0 Å². The van der Waals surface area contributed by atoms with Crippen LogP contribution in [-0.2, 0) is 22.6 Å². The Hall–Kier alpha value is -2.66. The highest BCUT2D eigenvalue weighted by Gasteiger charge is 2.09. The van der Waals surface area contributed by atoms with Crippen molar-refractivity contribution in [1.29, 1.82) is 0 Å². The van der Waals surface area contributed by atoms with Gasteiger partial charge in [-0.25, -0.2) is 4.79 Å². The molecule has 0 saturated carbocycles. The van der Waals surface area contributed by atoms with E-state index in [4.69, 9.17) is 9.84 Å². The number of aliphatic hydroxyl groups excluding tert-OH is 1. The quantitative estimate of drug-likeness (QED) is 0.575. The van der Waals surface area contributed by atoms with E-state index in [9.17, 15) is 9.59 Å². The fourth-order valence-corrected chi connectivity index (χ4v) is 2.18. The molecule has 0 heterocycles. The second-order valence-corrected chi connectivity index (χ2v) is 5.37. The number of aliphatic hydroxyl groups is 1. The standard InChI is InChI=1S/C19H21NO4/c21-13-16-8-10-17(11-9-16)19(23)24-14-18(22)20-12-4-7-15-5-2-1-3-6-15/h1-3,5-6,8-11,21H,4,7,12-14H2,(H,20,22). The van der Waals surface area contributed by atoms with Gasteiger partial charge in [0, 0.05) is 6.54 Å². The fraction of sp³-hybridized carbons (Fsp3) is 0.263. The van der Waals surface area contributed by atoms with Gasteiger partial charge in [0.05, 0.1) is 12.2 Å². The molecule has 0 atom stereocenters. The fourth-order valence-electron chi connectivity index (χ4n) is 2.18. The number of benzene rings is 2. The Morgan fingerprint density at radius 1 is 0.958 bits per heavy atom. The van der Waals surface area contributed by atoms with Gasteiger partial charge in [-0.05, 0) is 36.1 Å². The van der Waals surface area contributed by atoms with Crippen LogP contribution in [0.2, 0.25) is 0 Å².